The predicted molar refractivity (Wildman–Crippen MR) is 62.1 cm³/mol. The average Bonchev–Trinajstić information content (AvgIpc) is 2.61. The molecule has 0 spiro atoms. The van der Waals surface area contributed by atoms with Crippen molar-refractivity contribution in [3.05, 3.63) is 23.8 Å². The van der Waals surface area contributed by atoms with Crippen LogP contribution in [0.15, 0.2) is 18.2 Å². The Morgan fingerprint density at radius 1 is 1.10 bits per heavy atom. The number of hydrogen-bond donors (Lipinski definition) is 0. The minimum atomic E-state index is -5.00. The Morgan fingerprint density at radius 2 is 1.75 bits per heavy atom. The monoisotopic (exact) mass is 288 g/mol. The number of benzene rings is 1. The van der Waals surface area contributed by atoms with E-state index in [0.717, 1.165) is 0 Å². The largest absolute Gasteiger partial charge is 0.490 e. The molecule has 1 aromatic rings. The maximum Gasteiger partial charge on any atom is 0.450 e. The van der Waals surface area contributed by atoms with Gasteiger partial charge in [-0.3, -0.25) is 9.59 Å². The zero-order valence-corrected chi connectivity index (χ0v) is 10.3. The Balaban J connectivity index is 2.15. The van der Waals surface area contributed by atoms with Gasteiger partial charge in [0.2, 0.25) is 5.78 Å². The predicted octanol–water partition coefficient (Wildman–Crippen LogP) is 2.55. The van der Waals surface area contributed by atoms with E-state index < -0.39 is 24.2 Å². The van der Waals surface area contributed by atoms with Crippen molar-refractivity contribution in [1.29, 1.82) is 0 Å². The minimum absolute atomic E-state index is 0.00755. The van der Waals surface area contributed by atoms with Gasteiger partial charge in [-0.05, 0) is 18.2 Å². The highest BCUT2D eigenvalue weighted by Gasteiger charge is 2.39. The highest BCUT2D eigenvalue weighted by atomic mass is 19.4. The van der Waals surface area contributed by atoms with E-state index in [9.17, 15) is 22.8 Å². The lowest BCUT2D eigenvalue weighted by Gasteiger charge is -2.09. The topological polar surface area (TPSA) is 52.6 Å². The van der Waals surface area contributed by atoms with Gasteiger partial charge in [-0.25, -0.2) is 0 Å². The first-order chi connectivity index (χ1) is 9.38. The Morgan fingerprint density at radius 3 is 2.40 bits per heavy atom. The normalized spacial score (nSPS) is 14.6. The van der Waals surface area contributed by atoms with Crippen LogP contribution in [-0.2, 0) is 4.79 Å². The number of Topliss-reactive ketones (excluding diaryl/α,β-unsaturated/α-hetero) is 2. The van der Waals surface area contributed by atoms with Crippen molar-refractivity contribution in [2.24, 2.45) is 0 Å². The van der Waals surface area contributed by atoms with Crippen LogP contribution in [0.1, 0.15) is 23.2 Å². The SMILES string of the molecule is O=C(CC(=O)C(F)(F)F)c1ccc2c(c1)OCCCO2. The molecule has 0 aromatic heterocycles. The molecule has 0 N–H and O–H groups in total. The Labute approximate surface area is 112 Å². The second-order valence-corrected chi connectivity index (χ2v) is 4.23. The molecule has 20 heavy (non-hydrogen) atoms. The molecule has 7 heteroatoms. The first kappa shape index (κ1) is 14.4. The van der Waals surface area contributed by atoms with Crippen LogP contribution in [0.5, 0.6) is 11.5 Å². The number of halogens is 3. The summed E-state index contributed by atoms with van der Waals surface area (Å²) in [6.45, 7) is 0.860. The third-order valence-corrected chi connectivity index (χ3v) is 2.71. The third-order valence-electron chi connectivity index (χ3n) is 2.71. The second kappa shape index (κ2) is 5.52. The molecule has 108 valence electrons. The molecule has 0 atom stereocenters. The molecule has 1 aromatic carbocycles. The summed E-state index contributed by atoms with van der Waals surface area (Å²) in [5.41, 5.74) is -0.00755. The molecular formula is C13H11F3O4. The average molecular weight is 288 g/mol. The van der Waals surface area contributed by atoms with Crippen LogP contribution in [0, 0.1) is 0 Å². The van der Waals surface area contributed by atoms with Gasteiger partial charge in [0, 0.05) is 12.0 Å². The number of carbonyl (C=O) groups excluding carboxylic acids is 2. The first-order valence-corrected chi connectivity index (χ1v) is 5.91. The standard InChI is InChI=1S/C13H11F3O4/c14-13(15,16)12(18)7-9(17)8-2-3-10-11(6-8)20-5-1-4-19-10/h2-3,6H,1,4-5,7H2. The summed E-state index contributed by atoms with van der Waals surface area (Å²) < 4.78 is 47.0. The van der Waals surface area contributed by atoms with Gasteiger partial charge in [-0.1, -0.05) is 0 Å². The molecule has 2 rings (SSSR count). The van der Waals surface area contributed by atoms with E-state index in [1.807, 2.05) is 0 Å². The highest BCUT2D eigenvalue weighted by Crippen LogP contribution is 2.31. The first-order valence-electron chi connectivity index (χ1n) is 5.91. The van der Waals surface area contributed by atoms with Gasteiger partial charge in [0.1, 0.15) is 0 Å². The molecule has 0 amide bonds. The van der Waals surface area contributed by atoms with Crippen molar-refractivity contribution in [3.63, 3.8) is 0 Å². The second-order valence-electron chi connectivity index (χ2n) is 4.23. The lowest BCUT2D eigenvalue weighted by Crippen LogP contribution is -2.25. The van der Waals surface area contributed by atoms with Crippen molar-refractivity contribution in [3.8, 4) is 11.5 Å². The van der Waals surface area contributed by atoms with E-state index in [2.05, 4.69) is 0 Å². The lowest BCUT2D eigenvalue weighted by molar-refractivity contribution is -0.170. The number of carbonyl (C=O) groups is 2. The Bertz CT molecular complexity index is 537. The molecule has 1 aliphatic heterocycles. The minimum Gasteiger partial charge on any atom is -0.490 e. The van der Waals surface area contributed by atoms with E-state index in [1.54, 1.807) is 0 Å². The lowest BCUT2D eigenvalue weighted by atomic mass is 10.1. The highest BCUT2D eigenvalue weighted by molar-refractivity contribution is 6.09. The van der Waals surface area contributed by atoms with Crippen LogP contribution < -0.4 is 9.47 Å². The summed E-state index contributed by atoms with van der Waals surface area (Å²) in [6, 6.07) is 4.07. The molecule has 0 fully saturated rings. The van der Waals surface area contributed by atoms with Gasteiger partial charge in [0.15, 0.2) is 17.3 Å². The van der Waals surface area contributed by atoms with Gasteiger partial charge >= 0.3 is 6.18 Å². The van der Waals surface area contributed by atoms with Crippen molar-refractivity contribution in [1.82, 2.24) is 0 Å². The number of alkyl halides is 3. The zero-order valence-electron chi connectivity index (χ0n) is 10.3. The molecular weight excluding hydrogens is 277 g/mol. The fourth-order valence-electron chi connectivity index (χ4n) is 1.68. The number of fused-ring (bicyclic) bond motifs is 1. The van der Waals surface area contributed by atoms with E-state index in [1.165, 1.54) is 18.2 Å². The molecule has 0 saturated heterocycles. The van der Waals surface area contributed by atoms with Crippen molar-refractivity contribution >= 4 is 11.6 Å². The zero-order chi connectivity index (χ0) is 14.8. The molecule has 1 heterocycles. The van der Waals surface area contributed by atoms with E-state index >= 15 is 0 Å². The van der Waals surface area contributed by atoms with Gasteiger partial charge in [-0.2, -0.15) is 13.2 Å². The number of hydrogen-bond acceptors (Lipinski definition) is 4. The number of ketones is 2. The van der Waals surface area contributed by atoms with Crippen LogP contribution in [0.2, 0.25) is 0 Å². The van der Waals surface area contributed by atoms with Gasteiger partial charge in [0.25, 0.3) is 0 Å². The molecule has 0 bridgehead atoms. The molecule has 4 nitrogen and oxygen atoms in total. The van der Waals surface area contributed by atoms with Gasteiger partial charge in [0.05, 0.1) is 19.6 Å². The van der Waals surface area contributed by atoms with E-state index in [0.29, 0.717) is 31.1 Å². The van der Waals surface area contributed by atoms with Crippen molar-refractivity contribution in [2.45, 2.75) is 19.0 Å². The summed E-state index contributed by atoms with van der Waals surface area (Å²) in [5, 5.41) is 0. The van der Waals surface area contributed by atoms with Crippen molar-refractivity contribution in [2.75, 3.05) is 13.2 Å². The smallest absolute Gasteiger partial charge is 0.450 e. The van der Waals surface area contributed by atoms with Crippen LogP contribution in [0.4, 0.5) is 13.2 Å². The summed E-state index contributed by atoms with van der Waals surface area (Å²) in [5.74, 6) is -2.23. The van der Waals surface area contributed by atoms with Crippen LogP contribution in [0.25, 0.3) is 0 Å². The number of ether oxygens (including phenoxy) is 2. The third kappa shape index (κ3) is 3.28. The fourth-order valence-corrected chi connectivity index (χ4v) is 1.68. The molecule has 0 unspecified atom stereocenters. The summed E-state index contributed by atoms with van der Waals surface area (Å²) in [6.07, 6.45) is -5.53. The molecule has 0 radical (unpaired) electrons. The Kier molecular flexibility index (Phi) is 3.96. The van der Waals surface area contributed by atoms with Gasteiger partial charge in [-0.15, -0.1) is 0 Å². The van der Waals surface area contributed by atoms with Crippen molar-refractivity contribution < 1.29 is 32.2 Å². The quantitative estimate of drug-likeness (QED) is 0.633. The van der Waals surface area contributed by atoms with Crippen LogP contribution >= 0.6 is 0 Å². The van der Waals surface area contributed by atoms with E-state index in [-0.39, 0.29) is 5.56 Å². The maximum absolute atomic E-state index is 12.1. The summed E-state index contributed by atoms with van der Waals surface area (Å²) in [4.78, 5) is 22.4. The van der Waals surface area contributed by atoms with Crippen LogP contribution in [0.3, 0.4) is 0 Å². The van der Waals surface area contributed by atoms with Gasteiger partial charge < -0.3 is 9.47 Å². The molecule has 1 aliphatic rings. The summed E-state index contributed by atoms with van der Waals surface area (Å²) in [7, 11) is 0. The summed E-state index contributed by atoms with van der Waals surface area (Å²) >= 11 is 0. The van der Waals surface area contributed by atoms with Crippen LogP contribution in [-0.4, -0.2) is 31.0 Å². The van der Waals surface area contributed by atoms with E-state index in [4.69, 9.17) is 9.47 Å². The maximum atomic E-state index is 12.1. The Hall–Kier alpha value is -2.05. The fraction of sp³-hybridized carbons (Fsp3) is 0.385. The number of rotatable bonds is 3. The molecule has 0 saturated carbocycles. The molecule has 0 aliphatic carbocycles.